The molecule has 138 valence electrons. The molecule has 0 saturated carbocycles. The Bertz CT molecular complexity index is 1020. The summed E-state index contributed by atoms with van der Waals surface area (Å²) in [5.41, 5.74) is 2.55. The minimum atomic E-state index is -0.451. The van der Waals surface area contributed by atoms with Crippen molar-refractivity contribution in [1.82, 2.24) is 20.3 Å². The lowest BCUT2D eigenvalue weighted by atomic mass is 9.98. The molecule has 0 bridgehead atoms. The first kappa shape index (κ1) is 17.5. The number of aromatic nitrogens is 3. The van der Waals surface area contributed by atoms with Crippen LogP contribution < -0.4 is 5.32 Å². The largest absolute Gasteiger partial charge is 0.493 e. The number of nitrogens with one attached hydrogen (secondary N) is 2. The molecule has 0 aliphatic heterocycles. The monoisotopic (exact) mass is 370 g/mol. The zero-order chi connectivity index (χ0) is 19.3. The van der Waals surface area contributed by atoms with E-state index < -0.39 is 5.91 Å². The third-order valence-corrected chi connectivity index (χ3v) is 4.39. The van der Waals surface area contributed by atoms with Crippen molar-refractivity contribution >= 4 is 5.91 Å². The molecule has 4 rings (SSSR count). The molecule has 3 N–H and O–H groups in total. The summed E-state index contributed by atoms with van der Waals surface area (Å²) in [5.74, 6) is -0.494. The van der Waals surface area contributed by atoms with E-state index in [1.54, 1.807) is 18.3 Å². The van der Waals surface area contributed by atoms with Crippen LogP contribution >= 0.6 is 0 Å². The molecule has 0 radical (unpaired) electrons. The fourth-order valence-electron chi connectivity index (χ4n) is 2.99. The summed E-state index contributed by atoms with van der Waals surface area (Å²) in [6.45, 7) is 0. The molecule has 0 aliphatic rings. The normalized spacial score (nSPS) is 10.8. The molecule has 28 heavy (non-hydrogen) atoms. The molecular weight excluding hydrogens is 352 g/mol. The Morgan fingerprint density at radius 2 is 1.57 bits per heavy atom. The van der Waals surface area contributed by atoms with Gasteiger partial charge in [0.2, 0.25) is 5.88 Å². The number of rotatable bonds is 5. The van der Waals surface area contributed by atoms with Gasteiger partial charge in [-0.05, 0) is 23.3 Å². The molecule has 2 aromatic carbocycles. The first-order valence-corrected chi connectivity index (χ1v) is 8.83. The van der Waals surface area contributed by atoms with Crippen molar-refractivity contribution in [3.63, 3.8) is 0 Å². The summed E-state index contributed by atoms with van der Waals surface area (Å²) >= 11 is 0. The van der Waals surface area contributed by atoms with Gasteiger partial charge in [0.15, 0.2) is 5.82 Å². The van der Waals surface area contributed by atoms with Crippen LogP contribution in [-0.4, -0.2) is 26.0 Å². The number of aromatic amines is 1. The number of hydrogen-bond acceptors (Lipinski definition) is 4. The minimum absolute atomic E-state index is 0.0205. The van der Waals surface area contributed by atoms with Crippen LogP contribution in [0.25, 0.3) is 11.5 Å². The average molecular weight is 370 g/mol. The summed E-state index contributed by atoms with van der Waals surface area (Å²) in [6, 6.07) is 22.5. The number of aromatic hydroxyl groups is 1. The fourth-order valence-corrected chi connectivity index (χ4v) is 2.99. The van der Waals surface area contributed by atoms with Gasteiger partial charge in [0.25, 0.3) is 5.91 Å². The maximum atomic E-state index is 12.9. The molecule has 1 amide bonds. The third-order valence-electron chi connectivity index (χ3n) is 4.39. The van der Waals surface area contributed by atoms with Crippen LogP contribution in [0.2, 0.25) is 0 Å². The van der Waals surface area contributed by atoms with Gasteiger partial charge in [-0.1, -0.05) is 60.7 Å². The highest BCUT2D eigenvalue weighted by molar-refractivity contribution is 5.96. The van der Waals surface area contributed by atoms with Crippen molar-refractivity contribution in [1.29, 1.82) is 0 Å². The Labute approximate surface area is 161 Å². The van der Waals surface area contributed by atoms with Crippen LogP contribution in [0.15, 0.2) is 85.2 Å². The Morgan fingerprint density at radius 3 is 2.11 bits per heavy atom. The summed E-state index contributed by atoms with van der Waals surface area (Å²) in [6.07, 6.45) is 3.07. The summed E-state index contributed by atoms with van der Waals surface area (Å²) < 4.78 is 0. The standard InChI is InChI=1S/C22H18N4O2/c27-21(17-14-24-20(26-22(17)28)18-12-7-13-23-18)25-19(15-8-3-1-4-9-15)16-10-5-2-6-11-16/h1-14,19,23H,(H,25,27)(H,24,26,28). The van der Waals surface area contributed by atoms with Gasteiger partial charge in [0.05, 0.1) is 11.7 Å². The van der Waals surface area contributed by atoms with Crippen molar-refractivity contribution in [2.45, 2.75) is 6.04 Å². The fraction of sp³-hybridized carbons (Fsp3) is 0.0455. The van der Waals surface area contributed by atoms with Crippen molar-refractivity contribution in [2.75, 3.05) is 0 Å². The summed E-state index contributed by atoms with van der Waals surface area (Å²) in [4.78, 5) is 24.1. The Morgan fingerprint density at radius 1 is 0.929 bits per heavy atom. The van der Waals surface area contributed by atoms with E-state index >= 15 is 0 Å². The molecule has 4 aromatic rings. The van der Waals surface area contributed by atoms with Gasteiger partial charge in [-0.2, -0.15) is 4.98 Å². The molecule has 0 fully saturated rings. The zero-order valence-corrected chi connectivity index (χ0v) is 14.9. The lowest BCUT2D eigenvalue weighted by molar-refractivity contribution is 0.0939. The second kappa shape index (κ2) is 7.75. The van der Waals surface area contributed by atoms with Crippen LogP contribution in [0.4, 0.5) is 0 Å². The maximum absolute atomic E-state index is 12.9. The van der Waals surface area contributed by atoms with E-state index in [2.05, 4.69) is 20.3 Å². The maximum Gasteiger partial charge on any atom is 0.259 e. The molecule has 2 heterocycles. The smallest absolute Gasteiger partial charge is 0.259 e. The first-order valence-electron chi connectivity index (χ1n) is 8.83. The highest BCUT2D eigenvalue weighted by Gasteiger charge is 2.21. The predicted octanol–water partition coefficient (Wildman–Crippen LogP) is 3.70. The average Bonchev–Trinajstić information content (AvgIpc) is 3.28. The van der Waals surface area contributed by atoms with Gasteiger partial charge in [0, 0.05) is 12.4 Å². The molecule has 2 aromatic heterocycles. The molecule has 0 unspecified atom stereocenters. The van der Waals surface area contributed by atoms with Crippen molar-refractivity contribution in [3.8, 4) is 17.4 Å². The Hall–Kier alpha value is -3.93. The van der Waals surface area contributed by atoms with Crippen LogP contribution in [0.5, 0.6) is 5.88 Å². The number of nitrogens with zero attached hydrogens (tertiary/aromatic N) is 2. The lowest BCUT2D eigenvalue weighted by Gasteiger charge is -2.20. The molecule has 6 nitrogen and oxygen atoms in total. The number of carbonyl (C=O) groups excluding carboxylic acids is 1. The van der Waals surface area contributed by atoms with E-state index in [0.29, 0.717) is 11.5 Å². The molecule has 6 heteroatoms. The second-order valence-electron chi connectivity index (χ2n) is 6.24. The van der Waals surface area contributed by atoms with Crippen LogP contribution in [0, 0.1) is 0 Å². The predicted molar refractivity (Wildman–Crippen MR) is 106 cm³/mol. The van der Waals surface area contributed by atoms with E-state index in [4.69, 9.17) is 0 Å². The van der Waals surface area contributed by atoms with E-state index in [0.717, 1.165) is 11.1 Å². The second-order valence-corrected chi connectivity index (χ2v) is 6.24. The third kappa shape index (κ3) is 3.61. The quantitative estimate of drug-likeness (QED) is 0.500. The first-order chi connectivity index (χ1) is 13.7. The van der Waals surface area contributed by atoms with Crippen LogP contribution in [0.1, 0.15) is 27.5 Å². The number of H-pyrrole nitrogens is 1. The van der Waals surface area contributed by atoms with E-state index in [9.17, 15) is 9.90 Å². The van der Waals surface area contributed by atoms with Gasteiger partial charge in [-0.15, -0.1) is 0 Å². The van der Waals surface area contributed by atoms with Crippen LogP contribution in [0.3, 0.4) is 0 Å². The lowest BCUT2D eigenvalue weighted by Crippen LogP contribution is -2.29. The van der Waals surface area contributed by atoms with Crippen molar-refractivity contribution < 1.29 is 9.90 Å². The Kier molecular flexibility index (Phi) is 4.84. The van der Waals surface area contributed by atoms with Gasteiger partial charge < -0.3 is 15.4 Å². The van der Waals surface area contributed by atoms with Crippen molar-refractivity contribution in [2.24, 2.45) is 0 Å². The van der Waals surface area contributed by atoms with E-state index in [1.807, 2.05) is 60.7 Å². The molecular formula is C22H18N4O2. The Balaban J connectivity index is 1.63. The summed E-state index contributed by atoms with van der Waals surface area (Å²) in [7, 11) is 0. The van der Waals surface area contributed by atoms with Crippen LogP contribution in [-0.2, 0) is 0 Å². The van der Waals surface area contributed by atoms with Crippen molar-refractivity contribution in [3.05, 3.63) is 102 Å². The SMILES string of the molecule is O=C(NC(c1ccccc1)c1ccccc1)c1cnc(-c2ccc[nH]2)nc1O. The number of amides is 1. The van der Waals surface area contributed by atoms with E-state index in [1.165, 1.54) is 6.20 Å². The topological polar surface area (TPSA) is 90.9 Å². The summed E-state index contributed by atoms with van der Waals surface area (Å²) in [5, 5.41) is 13.3. The zero-order valence-electron chi connectivity index (χ0n) is 14.9. The molecule has 0 saturated heterocycles. The van der Waals surface area contributed by atoms with Gasteiger partial charge >= 0.3 is 0 Å². The number of benzene rings is 2. The van der Waals surface area contributed by atoms with Gasteiger partial charge in [-0.25, -0.2) is 4.98 Å². The molecule has 0 aliphatic carbocycles. The molecule has 0 spiro atoms. The highest BCUT2D eigenvalue weighted by atomic mass is 16.3. The van der Waals surface area contributed by atoms with Gasteiger partial charge in [0.1, 0.15) is 5.56 Å². The van der Waals surface area contributed by atoms with Gasteiger partial charge in [-0.3, -0.25) is 4.79 Å². The number of carbonyl (C=O) groups is 1. The molecule has 0 atom stereocenters. The minimum Gasteiger partial charge on any atom is -0.493 e. The highest BCUT2D eigenvalue weighted by Crippen LogP contribution is 2.24. The van der Waals surface area contributed by atoms with E-state index in [-0.39, 0.29) is 17.5 Å². The number of hydrogen-bond donors (Lipinski definition) is 3.